The average molecular weight is 252 g/mol. The first-order valence-corrected chi connectivity index (χ1v) is 5.94. The number of benzene rings is 2. The van der Waals surface area contributed by atoms with Gasteiger partial charge in [0.25, 0.3) is 0 Å². The molecule has 3 heteroatoms. The van der Waals surface area contributed by atoms with Gasteiger partial charge in [0.15, 0.2) is 0 Å². The third kappa shape index (κ3) is 3.00. The van der Waals surface area contributed by atoms with Gasteiger partial charge in [-0.1, -0.05) is 54.2 Å². The zero-order valence-corrected chi connectivity index (χ0v) is 10.7. The lowest BCUT2D eigenvalue weighted by atomic mass is 10.1. The van der Waals surface area contributed by atoms with Crippen molar-refractivity contribution in [1.29, 1.82) is 0 Å². The highest BCUT2D eigenvalue weighted by Crippen LogP contribution is 2.22. The molecule has 0 saturated carbocycles. The molecule has 0 atom stereocenters. The number of thioether (sulfide) groups is 1. The van der Waals surface area contributed by atoms with Crippen molar-refractivity contribution in [2.24, 2.45) is 0 Å². The standard InChI is InChI=1S/C13H13NS.ClH/c1-10(14)15-9-12-7-4-6-11-5-2-3-8-13(11)12;/h2-8,14H,9H2,1H3;1H. The van der Waals surface area contributed by atoms with Crippen molar-refractivity contribution in [2.75, 3.05) is 0 Å². The molecule has 84 valence electrons. The molecule has 0 fully saturated rings. The van der Waals surface area contributed by atoms with Crippen LogP contribution in [0.2, 0.25) is 0 Å². The van der Waals surface area contributed by atoms with Crippen molar-refractivity contribution < 1.29 is 17.8 Å². The van der Waals surface area contributed by atoms with Crippen LogP contribution in [0.5, 0.6) is 0 Å². The Morgan fingerprint density at radius 3 is 2.56 bits per heavy atom. The summed E-state index contributed by atoms with van der Waals surface area (Å²) in [5.74, 6) is 0.948. The molecule has 2 aromatic rings. The summed E-state index contributed by atoms with van der Waals surface area (Å²) >= 11 is 1.69. The molecule has 16 heavy (non-hydrogen) atoms. The van der Waals surface area contributed by atoms with Crippen LogP contribution >= 0.6 is 11.8 Å². The molecule has 1 nitrogen and oxygen atoms in total. The van der Waals surface area contributed by atoms with E-state index in [2.05, 4.69) is 42.5 Å². The van der Waals surface area contributed by atoms with E-state index in [0.29, 0.717) is 0 Å². The Morgan fingerprint density at radius 2 is 1.81 bits per heavy atom. The van der Waals surface area contributed by atoms with Gasteiger partial charge >= 0.3 is 0 Å². The monoisotopic (exact) mass is 251 g/mol. The van der Waals surface area contributed by atoms with E-state index in [1.54, 1.807) is 11.8 Å². The molecule has 0 heterocycles. The Balaban J connectivity index is 0.00000128. The number of nitrogens with two attached hydrogens (primary N) is 1. The maximum absolute atomic E-state index is 5.66. The van der Waals surface area contributed by atoms with Crippen molar-refractivity contribution in [3.63, 3.8) is 0 Å². The summed E-state index contributed by atoms with van der Waals surface area (Å²) in [6.07, 6.45) is 0. The van der Waals surface area contributed by atoms with Crippen molar-refractivity contribution in [3.05, 3.63) is 48.0 Å². The first-order valence-electron chi connectivity index (χ1n) is 4.96. The molecule has 2 aromatic carbocycles. The molecule has 0 aliphatic heterocycles. The normalized spacial score (nSPS) is 9.81. The molecular weight excluding hydrogens is 238 g/mol. The Morgan fingerprint density at radius 1 is 1.12 bits per heavy atom. The molecule has 0 radical (unpaired) electrons. The van der Waals surface area contributed by atoms with E-state index in [9.17, 15) is 0 Å². The van der Waals surface area contributed by atoms with Gasteiger partial charge in [0.1, 0.15) is 0 Å². The predicted molar refractivity (Wildman–Crippen MR) is 67.8 cm³/mol. The summed E-state index contributed by atoms with van der Waals surface area (Å²) < 4.78 is 0. The molecule has 0 unspecified atom stereocenters. The van der Waals surface area contributed by atoms with Gasteiger partial charge in [-0.05, 0) is 16.3 Å². The van der Waals surface area contributed by atoms with E-state index < -0.39 is 0 Å². The third-order valence-corrected chi connectivity index (χ3v) is 3.25. The number of halogens is 1. The number of hydrogen-bond acceptors (Lipinski definition) is 1. The highest BCUT2D eigenvalue weighted by molar-refractivity contribution is 8.12. The van der Waals surface area contributed by atoms with Gasteiger partial charge in [0, 0.05) is 12.7 Å². The molecule has 0 amide bonds. The van der Waals surface area contributed by atoms with E-state index in [0.717, 1.165) is 10.8 Å². The largest absolute Gasteiger partial charge is 1.00 e. The summed E-state index contributed by atoms with van der Waals surface area (Å²) in [5.41, 5.74) is 1.35. The fourth-order valence-corrected chi connectivity index (χ4v) is 2.24. The van der Waals surface area contributed by atoms with Gasteiger partial charge in [-0.2, -0.15) is 0 Å². The van der Waals surface area contributed by atoms with E-state index in [4.69, 9.17) is 5.41 Å². The zero-order chi connectivity index (χ0) is 10.7. The summed E-state index contributed by atoms with van der Waals surface area (Å²) in [6, 6.07) is 14.9. The van der Waals surface area contributed by atoms with Gasteiger partial charge in [0.05, 0.1) is 0 Å². The minimum Gasteiger partial charge on any atom is -1.00 e. The Kier molecular flexibility index (Phi) is 4.84. The fourth-order valence-electron chi connectivity index (χ4n) is 1.61. The Bertz CT molecular complexity index is 491. The highest BCUT2D eigenvalue weighted by Gasteiger charge is 2.02. The minimum absolute atomic E-state index is 0. The van der Waals surface area contributed by atoms with Crippen LogP contribution in [-0.2, 0) is 5.75 Å². The summed E-state index contributed by atoms with van der Waals surface area (Å²) in [6.45, 7) is 1.94. The van der Waals surface area contributed by atoms with Crippen LogP contribution in [0.4, 0.5) is 0 Å². The second-order valence-electron chi connectivity index (χ2n) is 3.54. The van der Waals surface area contributed by atoms with Crippen molar-refractivity contribution in [3.8, 4) is 0 Å². The van der Waals surface area contributed by atoms with Crippen LogP contribution in [0.25, 0.3) is 10.8 Å². The molecule has 0 aliphatic rings. The number of hydrogen-bond donors (Lipinski definition) is 1. The lowest BCUT2D eigenvalue weighted by Gasteiger charge is -2.04. The molecule has 0 bridgehead atoms. The van der Waals surface area contributed by atoms with Gasteiger partial charge in [-0.25, -0.2) is 0 Å². The smallest absolute Gasteiger partial charge is 0.204 e. The highest BCUT2D eigenvalue weighted by atomic mass is 35.5. The summed E-state index contributed by atoms with van der Waals surface area (Å²) in [5, 5.41) is 9.21. The molecule has 0 spiro atoms. The van der Waals surface area contributed by atoms with Crippen LogP contribution in [-0.4, -0.2) is 5.04 Å². The van der Waals surface area contributed by atoms with Gasteiger partial charge in [0.2, 0.25) is 5.04 Å². The van der Waals surface area contributed by atoms with Gasteiger partial charge < -0.3 is 12.4 Å². The quantitative estimate of drug-likeness (QED) is 0.552. The molecule has 0 aromatic heterocycles. The van der Waals surface area contributed by atoms with E-state index in [1.807, 2.05) is 6.92 Å². The van der Waals surface area contributed by atoms with Crippen LogP contribution < -0.4 is 17.8 Å². The molecule has 0 saturated heterocycles. The lowest BCUT2D eigenvalue weighted by molar-refractivity contribution is -0.109. The molecular formula is C13H14ClNS. The summed E-state index contributed by atoms with van der Waals surface area (Å²) in [7, 11) is 0. The van der Waals surface area contributed by atoms with Crippen LogP contribution in [0.3, 0.4) is 0 Å². The van der Waals surface area contributed by atoms with Crippen LogP contribution in [0, 0.1) is 0 Å². The van der Waals surface area contributed by atoms with Crippen LogP contribution in [0.1, 0.15) is 12.5 Å². The fraction of sp³-hybridized carbons (Fsp3) is 0.154. The van der Waals surface area contributed by atoms with E-state index >= 15 is 0 Å². The van der Waals surface area contributed by atoms with E-state index in [1.165, 1.54) is 16.3 Å². The van der Waals surface area contributed by atoms with Crippen molar-refractivity contribution >= 4 is 27.6 Å². The maximum atomic E-state index is 5.66. The van der Waals surface area contributed by atoms with Gasteiger partial charge in [-0.15, -0.1) is 0 Å². The Hall–Kier alpha value is -0.990. The zero-order valence-electron chi connectivity index (χ0n) is 9.11. The average Bonchev–Trinajstić information content (AvgIpc) is 2.26. The number of rotatable bonds is 2. The van der Waals surface area contributed by atoms with Crippen molar-refractivity contribution in [1.82, 2.24) is 0 Å². The second kappa shape index (κ2) is 5.92. The van der Waals surface area contributed by atoms with Gasteiger partial charge in [-0.3, -0.25) is 5.41 Å². The topological polar surface area (TPSA) is 25.6 Å². The SMILES string of the molecule is CC(=[NH2+])SCc1cccc2ccccc12.[Cl-]. The van der Waals surface area contributed by atoms with Crippen molar-refractivity contribution in [2.45, 2.75) is 12.7 Å². The predicted octanol–water partition coefficient (Wildman–Crippen LogP) is -0.746. The third-order valence-electron chi connectivity index (χ3n) is 2.34. The van der Waals surface area contributed by atoms with E-state index in [-0.39, 0.29) is 12.4 Å². The second-order valence-corrected chi connectivity index (χ2v) is 4.76. The molecule has 0 aliphatic carbocycles. The summed E-state index contributed by atoms with van der Waals surface area (Å²) in [4.78, 5) is 0. The number of fused-ring (bicyclic) bond motifs is 1. The first kappa shape index (κ1) is 13.1. The molecule has 2 N–H and O–H groups in total. The first-order chi connectivity index (χ1) is 7.27. The van der Waals surface area contributed by atoms with Crippen LogP contribution in [0.15, 0.2) is 42.5 Å². The maximum Gasteiger partial charge on any atom is 0.204 e. The lowest BCUT2D eigenvalue weighted by Crippen LogP contribution is -3.00. The Labute approximate surface area is 106 Å². The molecule has 2 rings (SSSR count). The minimum atomic E-state index is 0.